The number of hydrogen-bond donors (Lipinski definition) is 2. The number of aromatic nitrogens is 2. The number of carbonyl (C=O) groups excluding carboxylic acids is 1. The maximum absolute atomic E-state index is 12.4. The number of sulfonamides is 1. The molecule has 3 aromatic rings. The van der Waals surface area contributed by atoms with E-state index in [0.717, 1.165) is 6.42 Å². The number of amides is 1. The third-order valence-electron chi connectivity index (χ3n) is 4.58. The summed E-state index contributed by atoms with van der Waals surface area (Å²) in [5.41, 5.74) is 1.72. The van der Waals surface area contributed by atoms with Crippen molar-refractivity contribution in [2.75, 3.05) is 10.0 Å². The largest absolute Gasteiger partial charge is 0.326 e. The molecule has 0 radical (unpaired) electrons. The predicted octanol–water partition coefficient (Wildman–Crippen LogP) is 3.02. The summed E-state index contributed by atoms with van der Waals surface area (Å²) >= 11 is 0. The Hall–Kier alpha value is -3.26. The molecule has 1 aliphatic carbocycles. The van der Waals surface area contributed by atoms with Crippen LogP contribution < -0.4 is 10.0 Å². The zero-order chi connectivity index (χ0) is 19.6. The standard InChI is InChI=1S/C20H18N4O3S/c25-19(18-13-17(18)14-5-2-1-3-6-14)23-15-7-9-16(10-8-15)28(26,27)24-20-21-11-4-12-22-20/h1-12,17-18H,13H2,(H,23,25)(H,21,22,24). The Balaban J connectivity index is 1.39. The fraction of sp³-hybridized carbons (Fsp3) is 0.150. The van der Waals surface area contributed by atoms with Crippen LogP contribution in [0.4, 0.5) is 11.6 Å². The van der Waals surface area contributed by atoms with Crippen LogP contribution in [0.1, 0.15) is 17.9 Å². The number of carbonyl (C=O) groups is 1. The third kappa shape index (κ3) is 4.01. The summed E-state index contributed by atoms with van der Waals surface area (Å²) in [6.07, 6.45) is 3.72. The lowest BCUT2D eigenvalue weighted by atomic mass is 10.1. The van der Waals surface area contributed by atoms with Gasteiger partial charge in [-0.1, -0.05) is 30.3 Å². The average Bonchev–Trinajstić information content (AvgIpc) is 3.51. The normalized spacial score (nSPS) is 18.3. The van der Waals surface area contributed by atoms with Gasteiger partial charge >= 0.3 is 0 Å². The average molecular weight is 394 g/mol. The molecule has 0 saturated heterocycles. The van der Waals surface area contributed by atoms with Gasteiger partial charge in [-0.15, -0.1) is 0 Å². The molecule has 4 rings (SSSR count). The van der Waals surface area contributed by atoms with Gasteiger partial charge < -0.3 is 5.32 Å². The second-order valence-electron chi connectivity index (χ2n) is 6.55. The van der Waals surface area contributed by atoms with E-state index in [9.17, 15) is 13.2 Å². The Morgan fingerprint density at radius 2 is 1.61 bits per heavy atom. The second kappa shape index (κ2) is 7.40. The van der Waals surface area contributed by atoms with Crippen molar-refractivity contribution >= 4 is 27.6 Å². The molecule has 0 bridgehead atoms. The smallest absolute Gasteiger partial charge is 0.264 e. The van der Waals surface area contributed by atoms with Gasteiger partial charge in [0.05, 0.1) is 4.90 Å². The van der Waals surface area contributed by atoms with Gasteiger partial charge in [0, 0.05) is 24.0 Å². The van der Waals surface area contributed by atoms with E-state index in [1.54, 1.807) is 18.2 Å². The van der Waals surface area contributed by atoms with Crippen LogP contribution in [0.5, 0.6) is 0 Å². The number of nitrogens with one attached hydrogen (secondary N) is 2. The van der Waals surface area contributed by atoms with E-state index in [-0.39, 0.29) is 28.6 Å². The number of hydrogen-bond acceptors (Lipinski definition) is 5. The molecule has 142 valence electrons. The fourth-order valence-electron chi connectivity index (χ4n) is 3.04. The van der Waals surface area contributed by atoms with Crippen LogP contribution in [0.15, 0.2) is 78.0 Å². The maximum Gasteiger partial charge on any atom is 0.264 e. The van der Waals surface area contributed by atoms with Gasteiger partial charge in [-0.05, 0) is 48.2 Å². The van der Waals surface area contributed by atoms with Crippen LogP contribution >= 0.6 is 0 Å². The van der Waals surface area contributed by atoms with Crippen molar-refractivity contribution in [1.29, 1.82) is 0 Å². The molecule has 0 spiro atoms. The third-order valence-corrected chi connectivity index (χ3v) is 5.92. The van der Waals surface area contributed by atoms with Crippen LogP contribution in [0.3, 0.4) is 0 Å². The zero-order valence-corrected chi connectivity index (χ0v) is 15.6. The highest BCUT2D eigenvalue weighted by molar-refractivity contribution is 7.92. The van der Waals surface area contributed by atoms with Crippen molar-refractivity contribution < 1.29 is 13.2 Å². The lowest BCUT2D eigenvalue weighted by molar-refractivity contribution is -0.117. The lowest BCUT2D eigenvalue weighted by Crippen LogP contribution is -2.16. The Kier molecular flexibility index (Phi) is 4.79. The molecule has 1 amide bonds. The van der Waals surface area contributed by atoms with Gasteiger partial charge in [-0.25, -0.2) is 23.1 Å². The number of anilines is 2. The van der Waals surface area contributed by atoms with Gasteiger partial charge in [0.15, 0.2) is 0 Å². The highest BCUT2D eigenvalue weighted by Gasteiger charge is 2.43. The molecular formula is C20H18N4O3S. The summed E-state index contributed by atoms with van der Waals surface area (Å²) in [4.78, 5) is 20.2. The van der Waals surface area contributed by atoms with Gasteiger partial charge in [0.1, 0.15) is 0 Å². The Labute approximate surface area is 162 Å². The van der Waals surface area contributed by atoms with Crippen molar-refractivity contribution in [3.8, 4) is 0 Å². The number of rotatable bonds is 6. The molecule has 1 aliphatic rings. The first-order valence-electron chi connectivity index (χ1n) is 8.79. The second-order valence-corrected chi connectivity index (χ2v) is 8.23. The minimum absolute atomic E-state index is 0.000525. The van der Waals surface area contributed by atoms with E-state index in [4.69, 9.17) is 0 Å². The predicted molar refractivity (Wildman–Crippen MR) is 105 cm³/mol. The van der Waals surface area contributed by atoms with Crippen molar-refractivity contribution in [2.24, 2.45) is 5.92 Å². The van der Waals surface area contributed by atoms with Gasteiger partial charge in [0.2, 0.25) is 11.9 Å². The quantitative estimate of drug-likeness (QED) is 0.669. The molecule has 1 aromatic heterocycles. The van der Waals surface area contributed by atoms with Gasteiger partial charge in [0.25, 0.3) is 10.0 Å². The topological polar surface area (TPSA) is 101 Å². The van der Waals surface area contributed by atoms with E-state index < -0.39 is 10.0 Å². The van der Waals surface area contributed by atoms with Crippen LogP contribution in [0.25, 0.3) is 0 Å². The van der Waals surface area contributed by atoms with Crippen molar-refractivity contribution in [1.82, 2.24) is 9.97 Å². The molecule has 28 heavy (non-hydrogen) atoms. The van der Waals surface area contributed by atoms with E-state index in [2.05, 4.69) is 20.0 Å². The van der Waals surface area contributed by atoms with Crippen molar-refractivity contribution in [3.05, 3.63) is 78.6 Å². The summed E-state index contributed by atoms with van der Waals surface area (Å²) in [6, 6.07) is 17.5. The summed E-state index contributed by atoms with van der Waals surface area (Å²) in [7, 11) is -3.80. The Morgan fingerprint density at radius 3 is 2.29 bits per heavy atom. The molecule has 7 nitrogen and oxygen atoms in total. The molecule has 1 saturated carbocycles. The van der Waals surface area contributed by atoms with E-state index in [1.807, 2.05) is 30.3 Å². The van der Waals surface area contributed by atoms with Crippen LogP contribution in [0, 0.1) is 5.92 Å². The molecule has 2 N–H and O–H groups in total. The first-order valence-corrected chi connectivity index (χ1v) is 10.3. The molecule has 2 atom stereocenters. The molecular weight excluding hydrogens is 376 g/mol. The van der Waals surface area contributed by atoms with Crippen LogP contribution in [-0.2, 0) is 14.8 Å². The summed E-state index contributed by atoms with van der Waals surface area (Å²) in [5.74, 6) is 0.138. The SMILES string of the molecule is O=C(Nc1ccc(S(=O)(=O)Nc2ncccn2)cc1)C1CC1c1ccccc1. The number of benzene rings is 2. The van der Waals surface area contributed by atoms with Crippen molar-refractivity contribution in [3.63, 3.8) is 0 Å². The summed E-state index contributed by atoms with van der Waals surface area (Å²) in [6.45, 7) is 0. The Morgan fingerprint density at radius 1 is 0.929 bits per heavy atom. The van der Waals surface area contributed by atoms with Crippen LogP contribution in [0.2, 0.25) is 0 Å². The first kappa shape index (κ1) is 18.1. The maximum atomic E-state index is 12.4. The molecule has 0 aliphatic heterocycles. The molecule has 2 aromatic carbocycles. The van der Waals surface area contributed by atoms with Gasteiger partial charge in [-0.2, -0.15) is 0 Å². The molecule has 8 heteroatoms. The van der Waals surface area contributed by atoms with Crippen LogP contribution in [-0.4, -0.2) is 24.3 Å². The number of nitrogens with zero attached hydrogens (tertiary/aromatic N) is 2. The van der Waals surface area contributed by atoms with E-state index >= 15 is 0 Å². The van der Waals surface area contributed by atoms with E-state index in [0.29, 0.717) is 5.69 Å². The lowest BCUT2D eigenvalue weighted by Gasteiger charge is -2.08. The molecule has 1 fully saturated rings. The van der Waals surface area contributed by atoms with Crippen molar-refractivity contribution in [2.45, 2.75) is 17.2 Å². The Bertz CT molecular complexity index is 1070. The highest BCUT2D eigenvalue weighted by Crippen LogP contribution is 2.47. The zero-order valence-electron chi connectivity index (χ0n) is 14.8. The van der Waals surface area contributed by atoms with Gasteiger partial charge in [-0.3, -0.25) is 4.79 Å². The minimum Gasteiger partial charge on any atom is -0.326 e. The highest BCUT2D eigenvalue weighted by atomic mass is 32.2. The first-order chi connectivity index (χ1) is 13.5. The monoisotopic (exact) mass is 394 g/mol. The summed E-state index contributed by atoms with van der Waals surface area (Å²) < 4.78 is 27.1. The molecule has 1 heterocycles. The molecule has 2 unspecified atom stereocenters. The minimum atomic E-state index is -3.80. The fourth-order valence-corrected chi connectivity index (χ4v) is 3.99. The summed E-state index contributed by atoms with van der Waals surface area (Å²) in [5, 5.41) is 2.85. The van der Waals surface area contributed by atoms with E-state index in [1.165, 1.54) is 30.1 Å².